The van der Waals surface area contributed by atoms with Gasteiger partial charge in [0, 0.05) is 12.1 Å². The maximum atomic E-state index is 5.66. The molecule has 0 bridgehead atoms. The van der Waals surface area contributed by atoms with Crippen molar-refractivity contribution in [2.75, 3.05) is 7.11 Å². The van der Waals surface area contributed by atoms with Crippen molar-refractivity contribution < 1.29 is 9.15 Å². The lowest BCUT2D eigenvalue weighted by Gasteiger charge is -2.17. The minimum Gasteiger partial charge on any atom is -0.493 e. The first-order chi connectivity index (χ1) is 8.72. The van der Waals surface area contributed by atoms with Gasteiger partial charge in [-0.3, -0.25) is 10.5 Å². The third kappa shape index (κ3) is 2.16. The highest BCUT2D eigenvalue weighted by atomic mass is 79.9. The topological polar surface area (TPSA) is 78.2 Å². The molecule has 0 amide bonds. The Morgan fingerprint density at radius 1 is 1.67 bits per heavy atom. The summed E-state index contributed by atoms with van der Waals surface area (Å²) < 4.78 is 13.0. The molecule has 2 aromatic rings. The van der Waals surface area contributed by atoms with Crippen molar-refractivity contribution in [3.05, 3.63) is 34.5 Å². The third-order valence-electron chi connectivity index (χ3n) is 2.76. The number of aryl methyl sites for hydroxylation is 1. The normalized spacial score (nSPS) is 12.7. The standard InChI is InChI=1S/C11H15BrN4O2/c1-3-16-10(8(17-2)6-14-16)9(15-13)7-4-5-18-11(7)12/h4-6,9,15H,3,13H2,1-2H3. The zero-order valence-electron chi connectivity index (χ0n) is 10.2. The lowest BCUT2D eigenvalue weighted by atomic mass is 10.1. The monoisotopic (exact) mass is 314 g/mol. The average Bonchev–Trinajstić information content (AvgIpc) is 2.98. The molecule has 1 unspecified atom stereocenters. The summed E-state index contributed by atoms with van der Waals surface area (Å²) in [5.41, 5.74) is 4.53. The Kier molecular flexibility index (Phi) is 4.05. The molecule has 18 heavy (non-hydrogen) atoms. The molecule has 0 radical (unpaired) electrons. The van der Waals surface area contributed by atoms with E-state index in [9.17, 15) is 0 Å². The fourth-order valence-corrected chi connectivity index (χ4v) is 2.37. The van der Waals surface area contributed by atoms with Crippen LogP contribution in [0.1, 0.15) is 24.2 Å². The summed E-state index contributed by atoms with van der Waals surface area (Å²) in [7, 11) is 1.61. The van der Waals surface area contributed by atoms with Gasteiger partial charge in [0.05, 0.1) is 25.6 Å². The van der Waals surface area contributed by atoms with Gasteiger partial charge in [0.15, 0.2) is 10.4 Å². The van der Waals surface area contributed by atoms with Crippen molar-refractivity contribution in [3.63, 3.8) is 0 Å². The van der Waals surface area contributed by atoms with Gasteiger partial charge in [0.1, 0.15) is 5.69 Å². The molecule has 0 aliphatic rings. The Hall–Kier alpha value is -1.31. The second-order valence-corrected chi connectivity index (χ2v) is 4.38. The highest BCUT2D eigenvalue weighted by Gasteiger charge is 2.25. The van der Waals surface area contributed by atoms with Crippen molar-refractivity contribution >= 4 is 15.9 Å². The van der Waals surface area contributed by atoms with E-state index in [2.05, 4.69) is 26.5 Å². The van der Waals surface area contributed by atoms with Crippen LogP contribution in [0.15, 0.2) is 27.6 Å². The summed E-state index contributed by atoms with van der Waals surface area (Å²) in [5, 5.41) is 4.26. The molecule has 2 heterocycles. The van der Waals surface area contributed by atoms with Crippen LogP contribution < -0.4 is 16.0 Å². The molecule has 3 N–H and O–H groups in total. The predicted molar refractivity (Wildman–Crippen MR) is 70.0 cm³/mol. The SMILES string of the molecule is CCn1ncc(OC)c1C(NN)c1ccoc1Br. The number of ether oxygens (including phenoxy) is 1. The van der Waals surface area contributed by atoms with Crippen LogP contribution in [-0.4, -0.2) is 16.9 Å². The van der Waals surface area contributed by atoms with Gasteiger partial charge >= 0.3 is 0 Å². The van der Waals surface area contributed by atoms with Gasteiger partial charge in [-0.15, -0.1) is 0 Å². The molecule has 2 aromatic heterocycles. The summed E-state index contributed by atoms with van der Waals surface area (Å²) >= 11 is 3.35. The van der Waals surface area contributed by atoms with Crippen LogP contribution >= 0.6 is 15.9 Å². The van der Waals surface area contributed by atoms with E-state index in [0.29, 0.717) is 10.4 Å². The first-order valence-corrected chi connectivity index (χ1v) is 6.30. The zero-order chi connectivity index (χ0) is 13.1. The molecule has 6 nitrogen and oxygen atoms in total. The van der Waals surface area contributed by atoms with Crippen molar-refractivity contribution in [2.24, 2.45) is 5.84 Å². The third-order valence-corrected chi connectivity index (χ3v) is 3.41. The molecular formula is C11H15BrN4O2. The first-order valence-electron chi connectivity index (χ1n) is 5.51. The maximum Gasteiger partial charge on any atom is 0.174 e. The largest absolute Gasteiger partial charge is 0.493 e. The molecule has 7 heteroatoms. The van der Waals surface area contributed by atoms with E-state index in [1.807, 2.05) is 17.7 Å². The molecule has 2 rings (SSSR count). The van der Waals surface area contributed by atoms with Gasteiger partial charge in [-0.05, 0) is 28.9 Å². The highest BCUT2D eigenvalue weighted by Crippen LogP contribution is 2.33. The number of methoxy groups -OCH3 is 1. The van der Waals surface area contributed by atoms with Crippen molar-refractivity contribution in [3.8, 4) is 5.75 Å². The number of hydrogen-bond donors (Lipinski definition) is 2. The van der Waals surface area contributed by atoms with Gasteiger partial charge in [-0.25, -0.2) is 5.43 Å². The Balaban J connectivity index is 2.50. The van der Waals surface area contributed by atoms with Gasteiger partial charge in [-0.2, -0.15) is 5.10 Å². The zero-order valence-corrected chi connectivity index (χ0v) is 11.8. The predicted octanol–water partition coefficient (Wildman–Crippen LogP) is 1.82. The van der Waals surface area contributed by atoms with Gasteiger partial charge < -0.3 is 9.15 Å². The van der Waals surface area contributed by atoms with Crippen LogP contribution in [-0.2, 0) is 6.54 Å². The number of rotatable bonds is 5. The van der Waals surface area contributed by atoms with Gasteiger partial charge in [-0.1, -0.05) is 0 Å². The minimum atomic E-state index is -0.254. The second kappa shape index (κ2) is 5.55. The highest BCUT2D eigenvalue weighted by molar-refractivity contribution is 9.10. The molecule has 0 aromatic carbocycles. The molecule has 0 spiro atoms. The summed E-state index contributed by atoms with van der Waals surface area (Å²) in [6.45, 7) is 2.74. The van der Waals surface area contributed by atoms with Crippen LogP contribution in [0.2, 0.25) is 0 Å². The number of nitrogens with zero attached hydrogens (tertiary/aromatic N) is 2. The molecule has 98 valence electrons. The fraction of sp³-hybridized carbons (Fsp3) is 0.364. The summed E-state index contributed by atoms with van der Waals surface area (Å²) in [4.78, 5) is 0. The first kappa shape index (κ1) is 13.1. The second-order valence-electron chi connectivity index (χ2n) is 3.66. The van der Waals surface area contributed by atoms with Crippen LogP contribution in [0.3, 0.4) is 0 Å². The lowest BCUT2D eigenvalue weighted by Crippen LogP contribution is -2.31. The number of halogens is 1. The molecule has 1 atom stereocenters. The number of nitrogens with one attached hydrogen (secondary N) is 1. The van der Waals surface area contributed by atoms with Crippen molar-refractivity contribution in [2.45, 2.75) is 19.5 Å². The van der Waals surface area contributed by atoms with E-state index in [4.69, 9.17) is 15.0 Å². The van der Waals surface area contributed by atoms with Crippen LogP contribution in [0.5, 0.6) is 5.75 Å². The van der Waals surface area contributed by atoms with Crippen molar-refractivity contribution in [1.29, 1.82) is 0 Å². The molecule has 0 aliphatic heterocycles. The van der Waals surface area contributed by atoms with E-state index in [1.54, 1.807) is 19.6 Å². The summed E-state index contributed by atoms with van der Waals surface area (Å²) in [6.07, 6.45) is 3.28. The Labute approximate surface area is 113 Å². The number of nitrogens with two attached hydrogens (primary N) is 1. The summed E-state index contributed by atoms with van der Waals surface area (Å²) in [6, 6.07) is 1.59. The molecule has 0 fully saturated rings. The quantitative estimate of drug-likeness (QED) is 0.650. The Morgan fingerprint density at radius 3 is 2.94 bits per heavy atom. The van der Waals surface area contributed by atoms with Crippen LogP contribution in [0, 0.1) is 0 Å². The van der Waals surface area contributed by atoms with E-state index in [1.165, 1.54) is 0 Å². The van der Waals surface area contributed by atoms with E-state index >= 15 is 0 Å². The van der Waals surface area contributed by atoms with E-state index < -0.39 is 0 Å². The van der Waals surface area contributed by atoms with Crippen molar-refractivity contribution in [1.82, 2.24) is 15.2 Å². The van der Waals surface area contributed by atoms with Gasteiger partial charge in [0.25, 0.3) is 0 Å². The minimum absolute atomic E-state index is 0.254. The summed E-state index contributed by atoms with van der Waals surface area (Å²) in [5.74, 6) is 6.35. The molecule has 0 saturated heterocycles. The maximum absolute atomic E-state index is 5.66. The number of furan rings is 1. The van der Waals surface area contributed by atoms with E-state index in [0.717, 1.165) is 17.8 Å². The Bertz CT molecular complexity index is 501. The number of hydrazine groups is 1. The smallest absolute Gasteiger partial charge is 0.174 e. The van der Waals surface area contributed by atoms with Gasteiger partial charge in [0.2, 0.25) is 0 Å². The van der Waals surface area contributed by atoms with Crippen LogP contribution in [0.4, 0.5) is 0 Å². The van der Waals surface area contributed by atoms with Crippen LogP contribution in [0.25, 0.3) is 0 Å². The Morgan fingerprint density at radius 2 is 2.44 bits per heavy atom. The molecule has 0 saturated carbocycles. The molecular weight excluding hydrogens is 300 g/mol. The fourth-order valence-electron chi connectivity index (χ4n) is 1.90. The number of hydrogen-bond acceptors (Lipinski definition) is 5. The molecule has 0 aliphatic carbocycles. The lowest BCUT2D eigenvalue weighted by molar-refractivity contribution is 0.398. The number of aromatic nitrogens is 2. The average molecular weight is 315 g/mol. The van der Waals surface area contributed by atoms with E-state index in [-0.39, 0.29) is 6.04 Å².